The quantitative estimate of drug-likeness (QED) is 0.454. The van der Waals surface area contributed by atoms with Gasteiger partial charge in [-0.3, -0.25) is 0 Å². The van der Waals surface area contributed by atoms with Crippen molar-refractivity contribution in [1.82, 2.24) is 0 Å². The van der Waals surface area contributed by atoms with Crippen LogP contribution in [0.1, 0.15) is 30.2 Å². The molecular formula is C11H15ClO6S. The zero-order valence-corrected chi connectivity index (χ0v) is 12.4. The monoisotopic (exact) mass is 310 g/mol. The number of hydrogen-bond acceptors (Lipinski definition) is 6. The van der Waals surface area contributed by atoms with Crippen LogP contribution in [0.5, 0.6) is 0 Å². The van der Waals surface area contributed by atoms with Crippen LogP contribution >= 0.6 is 10.7 Å². The van der Waals surface area contributed by atoms with E-state index in [2.05, 4.69) is 0 Å². The average molecular weight is 311 g/mol. The Morgan fingerprint density at radius 2 is 2.05 bits per heavy atom. The molecule has 8 heteroatoms. The fourth-order valence-corrected chi connectivity index (χ4v) is 2.39. The van der Waals surface area contributed by atoms with Crippen molar-refractivity contribution in [3.8, 4) is 0 Å². The maximum atomic E-state index is 11.6. The maximum Gasteiger partial charge on any atom is 0.374 e. The van der Waals surface area contributed by atoms with Crippen LogP contribution < -0.4 is 0 Å². The first-order valence-corrected chi connectivity index (χ1v) is 7.86. The van der Waals surface area contributed by atoms with E-state index in [9.17, 15) is 13.2 Å². The molecule has 1 aromatic heterocycles. The number of halogens is 1. The molecule has 0 atom stereocenters. The third-order valence-electron chi connectivity index (χ3n) is 2.10. The van der Waals surface area contributed by atoms with Gasteiger partial charge >= 0.3 is 5.97 Å². The van der Waals surface area contributed by atoms with Crippen molar-refractivity contribution in [2.45, 2.75) is 31.8 Å². The zero-order valence-electron chi connectivity index (χ0n) is 10.8. The fraction of sp³-hybridized carbons (Fsp3) is 0.545. The van der Waals surface area contributed by atoms with E-state index in [0.717, 1.165) is 6.07 Å². The van der Waals surface area contributed by atoms with Crippen molar-refractivity contribution in [2.75, 3.05) is 13.2 Å². The molecule has 0 spiro atoms. The second kappa shape index (κ2) is 6.40. The van der Waals surface area contributed by atoms with Gasteiger partial charge in [-0.25, -0.2) is 13.2 Å². The number of esters is 1. The third kappa shape index (κ3) is 4.85. The lowest BCUT2D eigenvalue weighted by molar-refractivity contribution is 0.0154. The van der Waals surface area contributed by atoms with Gasteiger partial charge in [0.05, 0.1) is 12.7 Å². The van der Waals surface area contributed by atoms with Gasteiger partial charge in [-0.1, -0.05) is 0 Å². The van der Waals surface area contributed by atoms with Gasteiger partial charge in [-0.15, -0.1) is 0 Å². The molecular weight excluding hydrogens is 296 g/mol. The van der Waals surface area contributed by atoms with Crippen LogP contribution in [0.4, 0.5) is 0 Å². The number of carbonyl (C=O) groups is 1. The number of ether oxygens (including phenoxy) is 2. The van der Waals surface area contributed by atoms with Gasteiger partial charge in [-0.2, -0.15) is 0 Å². The van der Waals surface area contributed by atoms with E-state index < -0.39 is 15.0 Å². The van der Waals surface area contributed by atoms with Gasteiger partial charge in [0.1, 0.15) is 17.3 Å². The molecule has 1 aromatic rings. The predicted molar refractivity (Wildman–Crippen MR) is 67.9 cm³/mol. The van der Waals surface area contributed by atoms with Gasteiger partial charge in [0, 0.05) is 16.7 Å². The first kappa shape index (κ1) is 16.0. The van der Waals surface area contributed by atoms with Crippen molar-refractivity contribution in [2.24, 2.45) is 0 Å². The Balaban J connectivity index is 2.64. The Bertz CT molecular complexity index is 546. The van der Waals surface area contributed by atoms with Crippen molar-refractivity contribution >= 4 is 25.7 Å². The topological polar surface area (TPSA) is 82.8 Å². The molecule has 1 rings (SSSR count). The van der Waals surface area contributed by atoms with Crippen molar-refractivity contribution < 1.29 is 27.1 Å². The highest BCUT2D eigenvalue weighted by Crippen LogP contribution is 2.23. The highest BCUT2D eigenvalue weighted by atomic mass is 35.7. The molecule has 0 fully saturated rings. The van der Waals surface area contributed by atoms with Crippen LogP contribution in [0, 0.1) is 6.92 Å². The van der Waals surface area contributed by atoms with E-state index in [4.69, 9.17) is 24.6 Å². The molecule has 0 radical (unpaired) electrons. The van der Waals surface area contributed by atoms with E-state index in [1.165, 1.54) is 6.92 Å². The predicted octanol–water partition coefficient (Wildman–Crippen LogP) is 2.10. The van der Waals surface area contributed by atoms with E-state index in [0.29, 0.717) is 0 Å². The first-order valence-electron chi connectivity index (χ1n) is 5.55. The number of aryl methyl sites for hydroxylation is 1. The van der Waals surface area contributed by atoms with E-state index in [1.807, 2.05) is 13.8 Å². The molecule has 0 aromatic carbocycles. The number of carbonyl (C=O) groups excluding carboxylic acids is 1. The summed E-state index contributed by atoms with van der Waals surface area (Å²) in [6, 6.07) is 1.04. The summed E-state index contributed by atoms with van der Waals surface area (Å²) in [5, 5.41) is 0. The van der Waals surface area contributed by atoms with E-state index in [-0.39, 0.29) is 35.7 Å². The van der Waals surface area contributed by atoms with Gasteiger partial charge in [0.25, 0.3) is 9.05 Å². The van der Waals surface area contributed by atoms with Gasteiger partial charge in [-0.05, 0) is 20.8 Å². The van der Waals surface area contributed by atoms with Crippen LogP contribution in [0.3, 0.4) is 0 Å². The van der Waals surface area contributed by atoms with Crippen LogP contribution in [0.2, 0.25) is 0 Å². The summed E-state index contributed by atoms with van der Waals surface area (Å²) in [7, 11) is 1.25. The lowest BCUT2D eigenvalue weighted by Crippen LogP contribution is -2.13. The molecule has 0 saturated heterocycles. The smallest absolute Gasteiger partial charge is 0.374 e. The maximum absolute atomic E-state index is 11.6. The summed E-state index contributed by atoms with van der Waals surface area (Å²) in [5.41, 5.74) is 0. The molecule has 1 heterocycles. The Morgan fingerprint density at radius 1 is 1.42 bits per heavy atom. The summed E-state index contributed by atoms with van der Waals surface area (Å²) in [6.45, 7) is 5.42. The lowest BCUT2D eigenvalue weighted by atomic mass is 10.4. The Morgan fingerprint density at radius 3 is 2.53 bits per heavy atom. The van der Waals surface area contributed by atoms with E-state index in [1.54, 1.807) is 0 Å². The second-order valence-electron chi connectivity index (χ2n) is 4.02. The third-order valence-corrected chi connectivity index (χ3v) is 3.53. The minimum absolute atomic E-state index is 0.0394. The van der Waals surface area contributed by atoms with Crippen molar-refractivity contribution in [3.63, 3.8) is 0 Å². The molecule has 108 valence electrons. The average Bonchev–Trinajstić information content (AvgIpc) is 2.66. The number of furan rings is 1. The molecule has 0 saturated carbocycles. The Kier molecular flexibility index (Phi) is 5.39. The molecule has 0 aliphatic carbocycles. The molecule has 0 unspecified atom stereocenters. The SMILES string of the molecule is Cc1oc(C(=O)OCCOC(C)C)cc1S(=O)(=O)Cl. The minimum Gasteiger partial charge on any atom is -0.457 e. The van der Waals surface area contributed by atoms with Crippen molar-refractivity contribution in [1.29, 1.82) is 0 Å². The summed E-state index contributed by atoms with van der Waals surface area (Å²) in [4.78, 5) is 11.3. The fourth-order valence-electron chi connectivity index (χ4n) is 1.30. The van der Waals surface area contributed by atoms with Crippen LogP contribution in [0.15, 0.2) is 15.4 Å². The first-order chi connectivity index (χ1) is 8.71. The van der Waals surface area contributed by atoms with Crippen molar-refractivity contribution in [3.05, 3.63) is 17.6 Å². The molecule has 0 N–H and O–H groups in total. The van der Waals surface area contributed by atoms with Crippen LogP contribution in [-0.4, -0.2) is 33.7 Å². The molecule has 0 aliphatic heterocycles. The number of hydrogen-bond donors (Lipinski definition) is 0. The molecule has 6 nitrogen and oxygen atoms in total. The number of rotatable bonds is 6. The van der Waals surface area contributed by atoms with Gasteiger partial charge in [0.15, 0.2) is 0 Å². The molecule has 0 amide bonds. The van der Waals surface area contributed by atoms with Gasteiger partial charge in [0.2, 0.25) is 5.76 Å². The Labute approximate surface area is 116 Å². The lowest BCUT2D eigenvalue weighted by Gasteiger charge is -2.07. The van der Waals surface area contributed by atoms with Crippen LogP contribution in [-0.2, 0) is 18.5 Å². The highest BCUT2D eigenvalue weighted by molar-refractivity contribution is 8.13. The zero-order chi connectivity index (χ0) is 14.6. The normalized spacial score (nSPS) is 11.8. The summed E-state index contributed by atoms with van der Waals surface area (Å²) >= 11 is 0. The van der Waals surface area contributed by atoms with Crippen LogP contribution in [0.25, 0.3) is 0 Å². The molecule has 0 aliphatic rings. The highest BCUT2D eigenvalue weighted by Gasteiger charge is 2.22. The van der Waals surface area contributed by atoms with E-state index >= 15 is 0 Å². The van der Waals surface area contributed by atoms with Gasteiger partial charge < -0.3 is 13.9 Å². The summed E-state index contributed by atoms with van der Waals surface area (Å²) in [5.74, 6) is -0.927. The summed E-state index contributed by atoms with van der Waals surface area (Å²) in [6.07, 6.45) is 0.0394. The minimum atomic E-state index is -3.94. The largest absolute Gasteiger partial charge is 0.457 e. The standard InChI is InChI=1S/C11H15ClO6S/c1-7(2)16-4-5-17-11(13)9-6-10(8(3)18-9)19(12,14)15/h6-7H,4-5H2,1-3H3. The Hall–Kier alpha value is -1.05. The molecule has 0 bridgehead atoms. The molecule has 19 heavy (non-hydrogen) atoms. The second-order valence-corrected chi connectivity index (χ2v) is 6.56. The summed E-state index contributed by atoms with van der Waals surface area (Å²) < 4.78 is 37.4.